The number of piperidine rings is 1. The van der Waals surface area contributed by atoms with E-state index in [-0.39, 0.29) is 0 Å². The van der Waals surface area contributed by atoms with Crippen molar-refractivity contribution in [2.24, 2.45) is 5.92 Å². The smallest absolute Gasteiger partial charge is 0.121 e. The minimum atomic E-state index is 0.807. The van der Waals surface area contributed by atoms with Crippen molar-refractivity contribution >= 4 is 0 Å². The molecule has 1 aliphatic rings. The zero-order valence-corrected chi connectivity index (χ0v) is 10.3. The summed E-state index contributed by atoms with van der Waals surface area (Å²) in [6, 6.07) is 6.54. The van der Waals surface area contributed by atoms with Gasteiger partial charge in [0.05, 0.1) is 7.11 Å². The number of aryl methyl sites for hydroxylation is 1. The molecule has 0 aliphatic carbocycles. The normalized spacial score (nSPS) is 20.8. The third kappa shape index (κ3) is 2.76. The Morgan fingerprint density at radius 1 is 1.44 bits per heavy atom. The zero-order valence-electron chi connectivity index (χ0n) is 10.3. The topological polar surface area (TPSA) is 21.3 Å². The maximum Gasteiger partial charge on any atom is 0.121 e. The van der Waals surface area contributed by atoms with Gasteiger partial charge < -0.3 is 10.1 Å². The first-order chi connectivity index (χ1) is 7.79. The first kappa shape index (κ1) is 11.5. The lowest BCUT2D eigenvalue weighted by Gasteiger charge is -2.23. The van der Waals surface area contributed by atoms with Crippen LogP contribution < -0.4 is 10.1 Å². The summed E-state index contributed by atoms with van der Waals surface area (Å²) in [4.78, 5) is 0. The second-order valence-electron chi connectivity index (χ2n) is 4.72. The van der Waals surface area contributed by atoms with Crippen molar-refractivity contribution in [3.63, 3.8) is 0 Å². The van der Waals surface area contributed by atoms with Gasteiger partial charge in [0.2, 0.25) is 0 Å². The van der Waals surface area contributed by atoms with Crippen molar-refractivity contribution in [3.05, 3.63) is 29.3 Å². The highest BCUT2D eigenvalue weighted by atomic mass is 16.5. The van der Waals surface area contributed by atoms with E-state index in [1.165, 1.54) is 43.5 Å². The molecule has 0 saturated carbocycles. The first-order valence-corrected chi connectivity index (χ1v) is 6.14. The van der Waals surface area contributed by atoms with Crippen LogP contribution >= 0.6 is 0 Å². The van der Waals surface area contributed by atoms with Crippen molar-refractivity contribution in [2.75, 3.05) is 20.2 Å². The van der Waals surface area contributed by atoms with Crippen LogP contribution in [0.15, 0.2) is 18.2 Å². The molecule has 16 heavy (non-hydrogen) atoms. The van der Waals surface area contributed by atoms with Crippen molar-refractivity contribution in [3.8, 4) is 5.75 Å². The van der Waals surface area contributed by atoms with Gasteiger partial charge in [0, 0.05) is 0 Å². The molecule has 0 amide bonds. The number of benzene rings is 1. The van der Waals surface area contributed by atoms with Crippen molar-refractivity contribution in [1.82, 2.24) is 5.32 Å². The summed E-state index contributed by atoms with van der Waals surface area (Å²) in [6.07, 6.45) is 3.87. The van der Waals surface area contributed by atoms with Crippen LogP contribution in [0, 0.1) is 12.8 Å². The van der Waals surface area contributed by atoms with Crippen LogP contribution in [0.4, 0.5) is 0 Å². The molecule has 1 saturated heterocycles. The molecule has 1 atom stereocenters. The van der Waals surface area contributed by atoms with E-state index < -0.39 is 0 Å². The first-order valence-electron chi connectivity index (χ1n) is 6.14. The summed E-state index contributed by atoms with van der Waals surface area (Å²) in [7, 11) is 1.73. The highest BCUT2D eigenvalue weighted by Gasteiger charge is 2.13. The van der Waals surface area contributed by atoms with Crippen LogP contribution in [0.5, 0.6) is 5.75 Å². The quantitative estimate of drug-likeness (QED) is 0.843. The van der Waals surface area contributed by atoms with E-state index in [9.17, 15) is 0 Å². The highest BCUT2D eigenvalue weighted by molar-refractivity contribution is 5.36. The van der Waals surface area contributed by atoms with Gasteiger partial charge in [-0.2, -0.15) is 0 Å². The summed E-state index contributed by atoms with van der Waals surface area (Å²) < 4.78 is 5.28. The van der Waals surface area contributed by atoms with Crippen LogP contribution in [-0.2, 0) is 6.42 Å². The molecule has 0 spiro atoms. The number of hydrogen-bond donors (Lipinski definition) is 1. The Bertz CT molecular complexity index is 343. The monoisotopic (exact) mass is 219 g/mol. The van der Waals surface area contributed by atoms with Gasteiger partial charge in [-0.3, -0.25) is 0 Å². The number of methoxy groups -OCH3 is 1. The number of ether oxygens (including phenoxy) is 1. The van der Waals surface area contributed by atoms with Crippen molar-refractivity contribution in [1.29, 1.82) is 0 Å². The maximum atomic E-state index is 5.28. The molecule has 1 aliphatic heterocycles. The van der Waals surface area contributed by atoms with E-state index in [0.29, 0.717) is 0 Å². The van der Waals surface area contributed by atoms with E-state index in [1.54, 1.807) is 7.11 Å². The van der Waals surface area contributed by atoms with Crippen LogP contribution in [0.2, 0.25) is 0 Å². The average Bonchev–Trinajstić information content (AvgIpc) is 2.31. The van der Waals surface area contributed by atoms with Gasteiger partial charge in [-0.1, -0.05) is 12.1 Å². The van der Waals surface area contributed by atoms with E-state index in [2.05, 4.69) is 30.4 Å². The van der Waals surface area contributed by atoms with Crippen LogP contribution in [-0.4, -0.2) is 20.2 Å². The summed E-state index contributed by atoms with van der Waals surface area (Å²) in [6.45, 7) is 4.48. The summed E-state index contributed by atoms with van der Waals surface area (Å²) in [5.41, 5.74) is 2.68. The second-order valence-corrected chi connectivity index (χ2v) is 4.72. The van der Waals surface area contributed by atoms with Gasteiger partial charge in [0.25, 0.3) is 0 Å². The summed E-state index contributed by atoms with van der Waals surface area (Å²) >= 11 is 0. The fraction of sp³-hybridized carbons (Fsp3) is 0.571. The molecule has 1 fully saturated rings. The zero-order chi connectivity index (χ0) is 11.4. The molecular formula is C14H21NO. The Labute approximate surface area is 98.0 Å². The Morgan fingerprint density at radius 2 is 2.31 bits per heavy atom. The predicted octanol–water partition coefficient (Wildman–Crippen LogP) is 2.55. The Balaban J connectivity index is 2.01. The molecule has 1 aromatic rings. The number of hydrogen-bond acceptors (Lipinski definition) is 2. The molecule has 2 heteroatoms. The third-order valence-corrected chi connectivity index (χ3v) is 3.38. The van der Waals surface area contributed by atoms with Crippen LogP contribution in [0.25, 0.3) is 0 Å². The Hall–Kier alpha value is -1.02. The molecule has 1 heterocycles. The SMILES string of the molecule is COc1ccc(CC2CCCNC2)cc1C. The van der Waals surface area contributed by atoms with Gasteiger partial charge in [-0.25, -0.2) is 0 Å². The molecule has 2 nitrogen and oxygen atoms in total. The lowest BCUT2D eigenvalue weighted by Crippen LogP contribution is -2.30. The molecule has 0 bridgehead atoms. The van der Waals surface area contributed by atoms with Gasteiger partial charge in [-0.15, -0.1) is 0 Å². The summed E-state index contributed by atoms with van der Waals surface area (Å²) in [5, 5.41) is 3.47. The predicted molar refractivity (Wildman–Crippen MR) is 67.0 cm³/mol. The molecule has 0 aromatic heterocycles. The molecule has 1 unspecified atom stereocenters. The molecule has 1 N–H and O–H groups in total. The fourth-order valence-corrected chi connectivity index (χ4v) is 2.50. The fourth-order valence-electron chi connectivity index (χ4n) is 2.50. The van der Waals surface area contributed by atoms with Crippen molar-refractivity contribution < 1.29 is 4.74 Å². The lowest BCUT2D eigenvalue weighted by atomic mass is 9.92. The number of rotatable bonds is 3. The molecular weight excluding hydrogens is 198 g/mol. The van der Waals surface area contributed by atoms with E-state index in [1.807, 2.05) is 0 Å². The number of nitrogens with one attached hydrogen (secondary N) is 1. The average molecular weight is 219 g/mol. The van der Waals surface area contributed by atoms with Crippen LogP contribution in [0.1, 0.15) is 24.0 Å². The highest BCUT2D eigenvalue weighted by Crippen LogP contribution is 2.22. The molecule has 88 valence electrons. The van der Waals surface area contributed by atoms with Crippen LogP contribution in [0.3, 0.4) is 0 Å². The summed E-state index contributed by atoms with van der Waals surface area (Å²) in [5.74, 6) is 1.80. The second kappa shape index (κ2) is 5.35. The largest absolute Gasteiger partial charge is 0.496 e. The van der Waals surface area contributed by atoms with Crippen molar-refractivity contribution in [2.45, 2.75) is 26.2 Å². The van der Waals surface area contributed by atoms with E-state index >= 15 is 0 Å². The van der Waals surface area contributed by atoms with Gasteiger partial charge in [0.15, 0.2) is 0 Å². The Morgan fingerprint density at radius 3 is 2.94 bits per heavy atom. The third-order valence-electron chi connectivity index (χ3n) is 3.38. The van der Waals surface area contributed by atoms with Gasteiger partial charge in [-0.05, 0) is 62.4 Å². The van der Waals surface area contributed by atoms with Gasteiger partial charge >= 0.3 is 0 Å². The van der Waals surface area contributed by atoms with Gasteiger partial charge in [0.1, 0.15) is 5.75 Å². The lowest BCUT2D eigenvalue weighted by molar-refractivity contribution is 0.375. The molecule has 2 rings (SSSR count). The minimum absolute atomic E-state index is 0.807. The molecule has 0 radical (unpaired) electrons. The molecule has 1 aromatic carbocycles. The Kier molecular flexibility index (Phi) is 3.83. The van der Waals surface area contributed by atoms with E-state index in [0.717, 1.165) is 11.7 Å². The van der Waals surface area contributed by atoms with E-state index in [4.69, 9.17) is 4.74 Å². The maximum absolute atomic E-state index is 5.28. The standard InChI is InChI=1S/C14H21NO/c1-11-8-12(5-6-14(11)16-2)9-13-4-3-7-15-10-13/h5-6,8,13,15H,3-4,7,9-10H2,1-2H3. The minimum Gasteiger partial charge on any atom is -0.496 e.